The van der Waals surface area contributed by atoms with Crippen molar-refractivity contribution in [2.24, 2.45) is 0 Å². The van der Waals surface area contributed by atoms with Crippen LogP contribution in [0.25, 0.3) is 6.08 Å². The Balaban J connectivity index is 2.27. The summed E-state index contributed by atoms with van der Waals surface area (Å²) in [4.78, 5) is 11.5. The van der Waals surface area contributed by atoms with Crippen LogP contribution in [0, 0.1) is 0 Å². The zero-order chi connectivity index (χ0) is 14.8. The summed E-state index contributed by atoms with van der Waals surface area (Å²) in [5, 5.41) is 21.3. The predicted molar refractivity (Wildman–Crippen MR) is 80.6 cm³/mol. The third-order valence-corrected chi connectivity index (χ3v) is 3.01. The lowest BCUT2D eigenvalue weighted by atomic mass is 10.1. The molecule has 0 saturated heterocycles. The van der Waals surface area contributed by atoms with E-state index in [2.05, 4.69) is 12.2 Å². The minimum Gasteiger partial charge on any atom is -0.504 e. The second kappa shape index (κ2) is 9.02. The molecule has 3 N–H and O–H groups in total. The first-order valence-electron chi connectivity index (χ1n) is 7.11. The summed E-state index contributed by atoms with van der Waals surface area (Å²) in [5.74, 6) is -0.504. The van der Waals surface area contributed by atoms with Gasteiger partial charge in [0.05, 0.1) is 0 Å². The highest BCUT2D eigenvalue weighted by Gasteiger charge is 1.99. The highest BCUT2D eigenvalue weighted by atomic mass is 16.3. The highest BCUT2D eigenvalue weighted by Crippen LogP contribution is 2.25. The third kappa shape index (κ3) is 6.27. The number of hydrogen-bond donors (Lipinski definition) is 3. The molecule has 0 aliphatic carbocycles. The predicted octanol–water partition coefficient (Wildman–Crippen LogP) is 3.20. The zero-order valence-corrected chi connectivity index (χ0v) is 11.9. The van der Waals surface area contributed by atoms with Crippen LogP contribution in [0.3, 0.4) is 0 Å². The van der Waals surface area contributed by atoms with Crippen molar-refractivity contribution in [1.29, 1.82) is 0 Å². The van der Waals surface area contributed by atoms with Crippen LogP contribution in [0.5, 0.6) is 11.5 Å². The molecule has 0 atom stereocenters. The van der Waals surface area contributed by atoms with Crippen molar-refractivity contribution < 1.29 is 15.0 Å². The van der Waals surface area contributed by atoms with Crippen LogP contribution in [-0.4, -0.2) is 22.7 Å². The third-order valence-electron chi connectivity index (χ3n) is 3.01. The van der Waals surface area contributed by atoms with Gasteiger partial charge in [-0.3, -0.25) is 4.79 Å². The first-order valence-corrected chi connectivity index (χ1v) is 7.11. The van der Waals surface area contributed by atoms with Gasteiger partial charge in [-0.15, -0.1) is 0 Å². The van der Waals surface area contributed by atoms with Gasteiger partial charge in [0.25, 0.3) is 0 Å². The van der Waals surface area contributed by atoms with Crippen molar-refractivity contribution in [2.75, 3.05) is 6.54 Å². The second-order valence-electron chi connectivity index (χ2n) is 4.79. The number of phenolic OH excluding ortho intramolecular Hbond substituents is 2. The average Bonchev–Trinajstić information content (AvgIpc) is 2.44. The Kier molecular flexibility index (Phi) is 7.25. The molecule has 20 heavy (non-hydrogen) atoms. The molecule has 0 aliphatic heterocycles. The Morgan fingerprint density at radius 1 is 1.15 bits per heavy atom. The minimum atomic E-state index is -0.191. The largest absolute Gasteiger partial charge is 0.504 e. The van der Waals surface area contributed by atoms with Crippen LogP contribution in [-0.2, 0) is 4.79 Å². The molecule has 0 aliphatic rings. The van der Waals surface area contributed by atoms with Gasteiger partial charge >= 0.3 is 0 Å². The van der Waals surface area contributed by atoms with Crippen LogP contribution in [0.2, 0.25) is 0 Å². The molecule has 4 heteroatoms. The second-order valence-corrected chi connectivity index (χ2v) is 4.79. The summed E-state index contributed by atoms with van der Waals surface area (Å²) >= 11 is 0. The Morgan fingerprint density at radius 3 is 2.60 bits per heavy atom. The molecule has 0 saturated carbocycles. The molecule has 1 rings (SSSR count). The normalized spacial score (nSPS) is 10.8. The smallest absolute Gasteiger partial charge is 0.243 e. The summed E-state index contributed by atoms with van der Waals surface area (Å²) in [6.45, 7) is 2.86. The Morgan fingerprint density at radius 2 is 1.90 bits per heavy atom. The fraction of sp³-hybridized carbons (Fsp3) is 0.438. The van der Waals surface area contributed by atoms with Crippen molar-refractivity contribution in [1.82, 2.24) is 5.32 Å². The average molecular weight is 277 g/mol. The summed E-state index contributed by atoms with van der Waals surface area (Å²) in [6, 6.07) is 4.42. The van der Waals surface area contributed by atoms with Crippen LogP contribution in [0.4, 0.5) is 0 Å². The molecule has 0 heterocycles. The molecule has 110 valence electrons. The minimum absolute atomic E-state index is 0.145. The molecule has 4 nitrogen and oxygen atoms in total. The fourth-order valence-corrected chi connectivity index (χ4v) is 1.82. The molecule has 0 bridgehead atoms. The molecule has 1 amide bonds. The number of hydrogen-bond acceptors (Lipinski definition) is 3. The number of carbonyl (C=O) groups excluding carboxylic acids is 1. The molecule has 1 aromatic rings. The molecule has 1 aromatic carbocycles. The van der Waals surface area contributed by atoms with Gasteiger partial charge in [0.1, 0.15) is 0 Å². The lowest BCUT2D eigenvalue weighted by Gasteiger charge is -2.02. The quantitative estimate of drug-likeness (QED) is 0.388. The van der Waals surface area contributed by atoms with E-state index >= 15 is 0 Å². The van der Waals surface area contributed by atoms with Gasteiger partial charge in [-0.2, -0.15) is 0 Å². The first-order chi connectivity index (χ1) is 9.63. The zero-order valence-electron chi connectivity index (χ0n) is 11.9. The maximum Gasteiger partial charge on any atom is 0.243 e. The standard InChI is InChI=1S/C16H23NO3/c1-2-3-4-5-6-11-17-16(20)10-8-13-7-9-14(18)15(19)12-13/h7-10,12,18-19H,2-6,11H2,1H3,(H,17,20)/b10-8+. The Hall–Kier alpha value is -1.97. The van der Waals surface area contributed by atoms with E-state index in [0.29, 0.717) is 12.1 Å². The van der Waals surface area contributed by atoms with Crippen LogP contribution < -0.4 is 5.32 Å². The molecule has 0 unspecified atom stereocenters. The maximum absolute atomic E-state index is 11.5. The van der Waals surface area contributed by atoms with Crippen LogP contribution in [0.15, 0.2) is 24.3 Å². The lowest BCUT2D eigenvalue weighted by Crippen LogP contribution is -2.21. The van der Waals surface area contributed by atoms with E-state index in [9.17, 15) is 15.0 Å². The van der Waals surface area contributed by atoms with Gasteiger partial charge in [0.15, 0.2) is 11.5 Å². The van der Waals surface area contributed by atoms with Gasteiger partial charge in [-0.1, -0.05) is 38.7 Å². The summed E-state index contributed by atoms with van der Waals surface area (Å²) in [5.41, 5.74) is 0.665. The highest BCUT2D eigenvalue weighted by molar-refractivity contribution is 5.91. The van der Waals surface area contributed by atoms with E-state index < -0.39 is 0 Å². The lowest BCUT2D eigenvalue weighted by molar-refractivity contribution is -0.116. The fourth-order valence-electron chi connectivity index (χ4n) is 1.82. The molecule has 0 aromatic heterocycles. The van der Waals surface area contributed by atoms with Gasteiger partial charge in [0, 0.05) is 12.6 Å². The molecular weight excluding hydrogens is 254 g/mol. The maximum atomic E-state index is 11.5. The van der Waals surface area contributed by atoms with Crippen molar-refractivity contribution >= 4 is 12.0 Å². The molecule has 0 spiro atoms. The Bertz CT molecular complexity index is 455. The van der Waals surface area contributed by atoms with E-state index in [0.717, 1.165) is 12.8 Å². The number of phenols is 2. The first kappa shape index (κ1) is 16.1. The number of benzene rings is 1. The number of nitrogens with one attached hydrogen (secondary N) is 1. The van der Waals surface area contributed by atoms with Crippen molar-refractivity contribution in [2.45, 2.75) is 39.0 Å². The molecule has 0 fully saturated rings. The van der Waals surface area contributed by atoms with E-state index in [4.69, 9.17) is 0 Å². The topological polar surface area (TPSA) is 69.6 Å². The monoisotopic (exact) mass is 277 g/mol. The number of amides is 1. The van der Waals surface area contributed by atoms with Crippen LogP contribution in [0.1, 0.15) is 44.6 Å². The van der Waals surface area contributed by atoms with Gasteiger partial charge in [-0.05, 0) is 30.2 Å². The van der Waals surface area contributed by atoms with E-state index in [1.54, 1.807) is 12.1 Å². The Labute approximate surface area is 120 Å². The van der Waals surface area contributed by atoms with Gasteiger partial charge in [0.2, 0.25) is 5.91 Å². The SMILES string of the molecule is CCCCCCCNC(=O)/C=C/c1ccc(O)c(O)c1. The van der Waals surface area contributed by atoms with Crippen molar-refractivity contribution in [3.05, 3.63) is 29.8 Å². The van der Waals surface area contributed by atoms with E-state index in [-0.39, 0.29) is 17.4 Å². The van der Waals surface area contributed by atoms with Crippen molar-refractivity contribution in [3.8, 4) is 11.5 Å². The van der Waals surface area contributed by atoms with E-state index in [1.807, 2.05) is 0 Å². The van der Waals surface area contributed by atoms with Crippen molar-refractivity contribution in [3.63, 3.8) is 0 Å². The summed E-state index contributed by atoms with van der Waals surface area (Å²) in [7, 11) is 0. The molecule has 0 radical (unpaired) electrons. The summed E-state index contributed by atoms with van der Waals surface area (Å²) < 4.78 is 0. The van der Waals surface area contributed by atoms with Crippen LogP contribution >= 0.6 is 0 Å². The molecular formula is C16H23NO3. The number of aromatic hydroxyl groups is 2. The number of unbranched alkanes of at least 4 members (excludes halogenated alkanes) is 4. The van der Waals surface area contributed by atoms with E-state index in [1.165, 1.54) is 37.5 Å². The number of rotatable bonds is 8. The van der Waals surface area contributed by atoms with Gasteiger partial charge in [-0.25, -0.2) is 0 Å². The van der Waals surface area contributed by atoms with Gasteiger partial charge < -0.3 is 15.5 Å². The number of carbonyl (C=O) groups is 1. The summed E-state index contributed by atoms with van der Waals surface area (Å²) in [6.07, 6.45) is 8.86.